The predicted molar refractivity (Wildman–Crippen MR) is 58.5 cm³/mol. The van der Waals surface area contributed by atoms with Gasteiger partial charge in [0.15, 0.2) is 0 Å². The Morgan fingerprint density at radius 3 is 2.40 bits per heavy atom. The fourth-order valence-electron chi connectivity index (χ4n) is 2.48. The molecule has 1 aliphatic carbocycles. The molecule has 1 aromatic carbocycles. The van der Waals surface area contributed by atoms with Crippen LogP contribution < -0.4 is 0 Å². The minimum Gasteiger partial charge on any atom is -0.481 e. The lowest BCUT2D eigenvalue weighted by Crippen LogP contribution is -2.03. The second-order valence-corrected chi connectivity index (χ2v) is 4.93. The maximum atomic E-state index is 11.0. The van der Waals surface area contributed by atoms with Crippen molar-refractivity contribution in [2.75, 3.05) is 0 Å². The quantitative estimate of drug-likeness (QED) is 0.821. The van der Waals surface area contributed by atoms with Gasteiger partial charge in [-0.05, 0) is 23.3 Å². The summed E-state index contributed by atoms with van der Waals surface area (Å²) in [5, 5.41) is 9.04. The average molecular weight is 204 g/mol. The van der Waals surface area contributed by atoms with E-state index >= 15 is 0 Å². The Hall–Kier alpha value is -1.31. The third-order valence-corrected chi connectivity index (χ3v) is 3.61. The van der Waals surface area contributed by atoms with Crippen LogP contribution in [0.1, 0.15) is 19.4 Å². The van der Waals surface area contributed by atoms with Gasteiger partial charge in [0.05, 0.1) is 5.92 Å². The van der Waals surface area contributed by atoms with E-state index in [-0.39, 0.29) is 17.3 Å². The van der Waals surface area contributed by atoms with E-state index in [1.54, 1.807) is 0 Å². The summed E-state index contributed by atoms with van der Waals surface area (Å²) >= 11 is 0. The van der Waals surface area contributed by atoms with Gasteiger partial charge in [-0.25, -0.2) is 0 Å². The first-order chi connectivity index (χ1) is 7.03. The fraction of sp³-hybridized carbons (Fsp3) is 0.462. The molecule has 2 rings (SSSR count). The number of aliphatic carboxylic acids is 1. The highest BCUT2D eigenvalue weighted by Gasteiger charge is 2.61. The van der Waals surface area contributed by atoms with Crippen molar-refractivity contribution in [3.05, 3.63) is 35.9 Å². The summed E-state index contributed by atoms with van der Waals surface area (Å²) < 4.78 is 0. The summed E-state index contributed by atoms with van der Waals surface area (Å²) in [6.45, 7) is 4.08. The third-order valence-electron chi connectivity index (χ3n) is 3.61. The van der Waals surface area contributed by atoms with E-state index in [9.17, 15) is 4.79 Å². The average Bonchev–Trinajstić information content (AvgIpc) is 2.70. The molecular weight excluding hydrogens is 188 g/mol. The first-order valence-electron chi connectivity index (χ1n) is 5.30. The van der Waals surface area contributed by atoms with Gasteiger partial charge in [-0.2, -0.15) is 0 Å². The van der Waals surface area contributed by atoms with Crippen molar-refractivity contribution in [3.63, 3.8) is 0 Å². The smallest absolute Gasteiger partial charge is 0.307 e. The number of carboxylic acids is 1. The molecule has 0 radical (unpaired) electrons. The maximum Gasteiger partial charge on any atom is 0.307 e. The summed E-state index contributed by atoms with van der Waals surface area (Å²) in [6, 6.07) is 10.1. The van der Waals surface area contributed by atoms with Crippen LogP contribution in [0.25, 0.3) is 0 Å². The van der Waals surface area contributed by atoms with Gasteiger partial charge >= 0.3 is 5.97 Å². The van der Waals surface area contributed by atoms with Gasteiger partial charge in [0.25, 0.3) is 0 Å². The molecule has 1 saturated carbocycles. The second kappa shape index (κ2) is 3.37. The molecule has 0 heterocycles. The van der Waals surface area contributed by atoms with Gasteiger partial charge in [-0.3, -0.25) is 4.79 Å². The molecule has 0 unspecified atom stereocenters. The van der Waals surface area contributed by atoms with Crippen LogP contribution in [0.5, 0.6) is 0 Å². The summed E-state index contributed by atoms with van der Waals surface area (Å²) in [7, 11) is 0. The van der Waals surface area contributed by atoms with Gasteiger partial charge in [-0.1, -0.05) is 44.2 Å². The minimum atomic E-state index is -0.652. The van der Waals surface area contributed by atoms with Crippen molar-refractivity contribution in [1.29, 1.82) is 0 Å². The highest BCUT2D eigenvalue weighted by atomic mass is 16.4. The second-order valence-electron chi connectivity index (χ2n) is 4.93. The Balaban J connectivity index is 2.07. The van der Waals surface area contributed by atoms with Crippen molar-refractivity contribution < 1.29 is 9.90 Å². The summed E-state index contributed by atoms with van der Waals surface area (Å²) in [5.41, 5.74) is 1.20. The number of hydrogen-bond acceptors (Lipinski definition) is 1. The monoisotopic (exact) mass is 204 g/mol. The van der Waals surface area contributed by atoms with E-state index in [1.165, 1.54) is 5.56 Å². The van der Waals surface area contributed by atoms with Crippen molar-refractivity contribution in [1.82, 2.24) is 0 Å². The van der Waals surface area contributed by atoms with Crippen LogP contribution in [0.3, 0.4) is 0 Å². The van der Waals surface area contributed by atoms with Crippen LogP contribution in [-0.4, -0.2) is 11.1 Å². The summed E-state index contributed by atoms with van der Waals surface area (Å²) in [6.07, 6.45) is 0.880. The molecule has 0 amide bonds. The van der Waals surface area contributed by atoms with Crippen molar-refractivity contribution in [3.8, 4) is 0 Å². The van der Waals surface area contributed by atoms with E-state index in [0.29, 0.717) is 0 Å². The van der Waals surface area contributed by atoms with Crippen LogP contribution in [0.4, 0.5) is 0 Å². The topological polar surface area (TPSA) is 37.3 Å². The van der Waals surface area contributed by atoms with Gasteiger partial charge in [0.2, 0.25) is 0 Å². The number of carbonyl (C=O) groups is 1. The summed E-state index contributed by atoms with van der Waals surface area (Å²) in [5.74, 6) is -0.531. The molecule has 1 aliphatic rings. The molecule has 1 fully saturated rings. The highest BCUT2D eigenvalue weighted by Crippen LogP contribution is 2.59. The SMILES string of the molecule is CC1(C)[C@H](Cc2ccccc2)[C@@H]1C(=O)O. The van der Waals surface area contributed by atoms with Crippen LogP contribution in [0, 0.1) is 17.3 Å². The Morgan fingerprint density at radius 2 is 1.93 bits per heavy atom. The lowest BCUT2D eigenvalue weighted by atomic mass is 10.0. The largest absolute Gasteiger partial charge is 0.481 e. The standard InChI is InChI=1S/C13H16O2/c1-13(2)10(11(13)12(14)15)8-9-6-4-3-5-7-9/h3-7,10-11H,8H2,1-2H3,(H,14,15)/t10-,11-/m1/s1. The number of hydrogen-bond donors (Lipinski definition) is 1. The molecule has 0 saturated heterocycles. The van der Waals surface area contributed by atoms with Crippen LogP contribution in [0.2, 0.25) is 0 Å². The Morgan fingerprint density at radius 1 is 1.33 bits per heavy atom. The van der Waals surface area contributed by atoms with Gasteiger partial charge < -0.3 is 5.11 Å². The Bertz CT molecular complexity index is 367. The molecule has 1 aromatic rings. The predicted octanol–water partition coefficient (Wildman–Crippen LogP) is 2.59. The molecular formula is C13H16O2. The van der Waals surface area contributed by atoms with E-state index in [4.69, 9.17) is 5.11 Å². The molecule has 2 atom stereocenters. The molecule has 15 heavy (non-hydrogen) atoms. The number of rotatable bonds is 3. The zero-order valence-corrected chi connectivity index (χ0v) is 9.10. The molecule has 0 aliphatic heterocycles. The van der Waals surface area contributed by atoms with E-state index < -0.39 is 5.97 Å². The van der Waals surface area contributed by atoms with Gasteiger partial charge in [-0.15, -0.1) is 0 Å². The fourth-order valence-corrected chi connectivity index (χ4v) is 2.48. The minimum absolute atomic E-state index is 0.0400. The van der Waals surface area contributed by atoms with Gasteiger partial charge in [0, 0.05) is 0 Å². The van der Waals surface area contributed by atoms with Crippen molar-refractivity contribution >= 4 is 5.97 Å². The Labute approximate surface area is 89.9 Å². The van der Waals surface area contributed by atoms with Crippen LogP contribution in [0.15, 0.2) is 30.3 Å². The lowest BCUT2D eigenvalue weighted by molar-refractivity contribution is -0.139. The lowest BCUT2D eigenvalue weighted by Gasteiger charge is -2.01. The first kappa shape index (κ1) is 10.2. The van der Waals surface area contributed by atoms with E-state index in [2.05, 4.69) is 12.1 Å². The van der Waals surface area contributed by atoms with Crippen molar-refractivity contribution in [2.45, 2.75) is 20.3 Å². The molecule has 2 heteroatoms. The molecule has 2 nitrogen and oxygen atoms in total. The molecule has 1 N–H and O–H groups in total. The molecule has 0 aromatic heterocycles. The normalized spacial score (nSPS) is 27.3. The van der Waals surface area contributed by atoms with Crippen molar-refractivity contribution in [2.24, 2.45) is 17.3 Å². The maximum absolute atomic E-state index is 11.0. The number of benzene rings is 1. The Kier molecular flexibility index (Phi) is 2.29. The highest BCUT2D eigenvalue weighted by molar-refractivity contribution is 5.75. The van der Waals surface area contributed by atoms with E-state index in [1.807, 2.05) is 32.0 Å². The van der Waals surface area contributed by atoms with E-state index in [0.717, 1.165) is 6.42 Å². The number of carboxylic acid groups (broad SMARTS) is 1. The zero-order chi connectivity index (χ0) is 11.1. The van der Waals surface area contributed by atoms with Gasteiger partial charge in [0.1, 0.15) is 0 Å². The first-order valence-corrected chi connectivity index (χ1v) is 5.30. The molecule has 0 spiro atoms. The van der Waals surface area contributed by atoms with Crippen LogP contribution >= 0.6 is 0 Å². The molecule has 0 bridgehead atoms. The van der Waals surface area contributed by atoms with Crippen LogP contribution in [-0.2, 0) is 11.2 Å². The zero-order valence-electron chi connectivity index (χ0n) is 9.10. The molecule has 80 valence electrons. The third kappa shape index (κ3) is 1.76. The summed E-state index contributed by atoms with van der Waals surface area (Å²) in [4.78, 5) is 11.0.